The van der Waals surface area contributed by atoms with Crippen LogP contribution in [-0.4, -0.2) is 13.0 Å². The first-order chi connectivity index (χ1) is 12.8. The zero-order valence-electron chi connectivity index (χ0n) is 15.5. The number of aryl methyl sites for hydroxylation is 1. The molecule has 3 aromatic rings. The lowest BCUT2D eigenvalue weighted by Crippen LogP contribution is -2.47. The number of anilines is 1. The van der Waals surface area contributed by atoms with Crippen LogP contribution in [0.5, 0.6) is 5.75 Å². The average Bonchev–Trinajstić information content (AvgIpc) is 3.04. The van der Waals surface area contributed by atoms with Crippen molar-refractivity contribution in [3.63, 3.8) is 0 Å². The van der Waals surface area contributed by atoms with Crippen LogP contribution in [0, 0.1) is 10.7 Å². The minimum absolute atomic E-state index is 0.0236. The van der Waals surface area contributed by atoms with Crippen molar-refractivity contribution in [3.05, 3.63) is 62.3 Å². The third-order valence-corrected chi connectivity index (χ3v) is 8.28. The molecule has 27 heavy (non-hydrogen) atoms. The van der Waals surface area contributed by atoms with Gasteiger partial charge < -0.3 is 4.74 Å². The Kier molecular flexibility index (Phi) is 4.45. The molecule has 0 atom stereocenters. The monoisotopic (exact) mass is 413 g/mol. The van der Waals surface area contributed by atoms with E-state index in [1.165, 1.54) is 0 Å². The van der Waals surface area contributed by atoms with Crippen LogP contribution in [0.2, 0.25) is 0 Å². The van der Waals surface area contributed by atoms with E-state index in [0.29, 0.717) is 5.56 Å². The molecule has 3 nitrogen and oxygen atoms in total. The van der Waals surface area contributed by atoms with Crippen LogP contribution >= 0.6 is 32.9 Å². The third-order valence-electron chi connectivity index (χ3n) is 4.95. The highest BCUT2D eigenvalue weighted by molar-refractivity contribution is 7.80. The molecular formula is C21H19NO2S3. The molecule has 0 N–H and O–H groups in total. The summed E-state index contributed by atoms with van der Waals surface area (Å²) in [6.07, 6.45) is 0. The summed E-state index contributed by atoms with van der Waals surface area (Å²) in [5, 5.41) is 0. The van der Waals surface area contributed by atoms with Crippen molar-refractivity contribution >= 4 is 44.5 Å². The Bertz CT molecular complexity index is 1090. The molecule has 0 fully saturated rings. The molecule has 1 amide bonds. The number of hydrogen-bond donors (Lipinski definition) is 0. The summed E-state index contributed by atoms with van der Waals surface area (Å²) in [5.74, 6) is 0.711. The Morgan fingerprint density at radius 1 is 1.11 bits per heavy atom. The molecular weight excluding hydrogens is 394 g/mol. The van der Waals surface area contributed by atoms with Gasteiger partial charge in [0.2, 0.25) is 0 Å². The van der Waals surface area contributed by atoms with Crippen molar-refractivity contribution < 1.29 is 9.53 Å². The van der Waals surface area contributed by atoms with Gasteiger partial charge in [-0.25, -0.2) is 0 Å². The molecule has 0 bridgehead atoms. The van der Waals surface area contributed by atoms with Crippen LogP contribution in [0.1, 0.15) is 34.6 Å². The zero-order valence-corrected chi connectivity index (χ0v) is 18.0. The maximum Gasteiger partial charge on any atom is 0.259 e. The first-order valence-electron chi connectivity index (χ1n) is 8.58. The highest BCUT2D eigenvalue weighted by atomic mass is 32.9. The van der Waals surface area contributed by atoms with E-state index in [1.54, 1.807) is 27.8 Å². The lowest BCUT2D eigenvalue weighted by atomic mass is 9.86. The van der Waals surface area contributed by atoms with E-state index in [9.17, 15) is 4.79 Å². The minimum atomic E-state index is -0.481. The molecule has 0 radical (unpaired) electrons. The second-order valence-corrected chi connectivity index (χ2v) is 9.92. The van der Waals surface area contributed by atoms with Crippen molar-refractivity contribution in [3.8, 4) is 16.9 Å². The molecule has 1 aliphatic heterocycles. The van der Waals surface area contributed by atoms with E-state index in [4.69, 9.17) is 17.0 Å². The van der Waals surface area contributed by atoms with Crippen molar-refractivity contribution in [2.75, 3.05) is 12.0 Å². The lowest BCUT2D eigenvalue weighted by molar-refractivity contribution is 0.0961. The summed E-state index contributed by atoms with van der Waals surface area (Å²) in [7, 11) is 4.90. The number of carbonyl (C=O) groups is 1. The predicted molar refractivity (Wildman–Crippen MR) is 116 cm³/mol. The SMILES string of the molecule is COc1ccc(C(=O)N2c3cc(C)ccc3-c3c(ssc3=S)C2(C)C)cc1. The fourth-order valence-electron chi connectivity index (χ4n) is 3.56. The second kappa shape index (κ2) is 6.55. The van der Waals surface area contributed by atoms with Crippen LogP contribution in [0.25, 0.3) is 11.1 Å². The van der Waals surface area contributed by atoms with Gasteiger partial charge >= 0.3 is 0 Å². The zero-order chi connectivity index (χ0) is 19.3. The van der Waals surface area contributed by atoms with Gasteiger partial charge in [-0.15, -0.1) is 0 Å². The number of hydrogen-bond acceptors (Lipinski definition) is 5. The molecule has 2 aromatic carbocycles. The van der Waals surface area contributed by atoms with Crippen molar-refractivity contribution in [1.82, 2.24) is 0 Å². The number of nitrogens with zero attached hydrogens (tertiary/aromatic N) is 1. The Labute approximate surface area is 171 Å². The van der Waals surface area contributed by atoms with Gasteiger partial charge in [-0.05, 0) is 56.7 Å². The molecule has 0 spiro atoms. The number of ether oxygens (including phenoxy) is 1. The van der Waals surface area contributed by atoms with E-state index >= 15 is 0 Å². The number of carbonyl (C=O) groups excluding carboxylic acids is 1. The third kappa shape index (κ3) is 2.83. The summed E-state index contributed by atoms with van der Waals surface area (Å²) < 4.78 is 6.12. The summed E-state index contributed by atoms with van der Waals surface area (Å²) in [5.41, 5.74) is 4.35. The van der Waals surface area contributed by atoms with Crippen LogP contribution in [-0.2, 0) is 5.54 Å². The molecule has 0 saturated heterocycles. The molecule has 2 heterocycles. The highest BCUT2D eigenvalue weighted by Gasteiger charge is 2.43. The van der Waals surface area contributed by atoms with Crippen LogP contribution in [0.15, 0.2) is 42.5 Å². The molecule has 138 valence electrons. The standard InChI is InChI=1S/C21H19NO2S3/c1-12-5-10-15-16(11-12)22(19(23)13-6-8-14(24-4)9-7-13)21(2,3)18-17(15)20(25)27-26-18/h5-11H,1-4H3. The number of methoxy groups -OCH3 is 1. The van der Waals surface area contributed by atoms with Gasteiger partial charge in [0.25, 0.3) is 5.91 Å². The van der Waals surface area contributed by atoms with Gasteiger partial charge in [-0.2, -0.15) is 0 Å². The van der Waals surface area contributed by atoms with E-state index < -0.39 is 5.54 Å². The normalized spacial score (nSPS) is 14.4. The molecule has 0 unspecified atom stereocenters. The summed E-state index contributed by atoms with van der Waals surface area (Å²) >= 11 is 5.62. The summed E-state index contributed by atoms with van der Waals surface area (Å²) in [6.45, 7) is 6.23. The van der Waals surface area contributed by atoms with Crippen molar-refractivity contribution in [2.45, 2.75) is 26.3 Å². The quantitative estimate of drug-likeness (QED) is 0.359. The summed E-state index contributed by atoms with van der Waals surface area (Å²) in [6, 6.07) is 13.5. The predicted octanol–water partition coefficient (Wildman–Crippen LogP) is 6.42. The van der Waals surface area contributed by atoms with Crippen molar-refractivity contribution in [2.24, 2.45) is 0 Å². The molecule has 6 heteroatoms. The van der Waals surface area contributed by atoms with Crippen LogP contribution < -0.4 is 9.64 Å². The maximum atomic E-state index is 13.6. The Morgan fingerprint density at radius 2 is 1.81 bits per heavy atom. The summed E-state index contributed by atoms with van der Waals surface area (Å²) in [4.78, 5) is 16.6. The average molecular weight is 414 g/mol. The number of amides is 1. The number of fused-ring (bicyclic) bond motifs is 3. The first kappa shape index (κ1) is 18.3. The minimum Gasteiger partial charge on any atom is -0.497 e. The Morgan fingerprint density at radius 3 is 2.48 bits per heavy atom. The Balaban J connectivity index is 1.93. The van der Waals surface area contributed by atoms with E-state index in [2.05, 4.69) is 32.0 Å². The molecule has 4 rings (SSSR count). The van der Waals surface area contributed by atoms with Gasteiger partial charge in [-0.1, -0.05) is 45.0 Å². The number of rotatable bonds is 2. The van der Waals surface area contributed by atoms with Gasteiger partial charge in [0, 0.05) is 16.7 Å². The molecule has 0 saturated carbocycles. The fraction of sp³-hybridized carbons (Fsp3) is 0.238. The largest absolute Gasteiger partial charge is 0.497 e. The highest BCUT2D eigenvalue weighted by Crippen LogP contribution is 2.52. The van der Waals surface area contributed by atoms with Gasteiger partial charge in [0.05, 0.1) is 23.2 Å². The lowest BCUT2D eigenvalue weighted by Gasteiger charge is -2.43. The number of benzene rings is 2. The second-order valence-electron chi connectivity index (χ2n) is 7.11. The fourth-order valence-corrected chi connectivity index (χ4v) is 6.84. The topological polar surface area (TPSA) is 29.5 Å². The van der Waals surface area contributed by atoms with E-state index in [-0.39, 0.29) is 5.91 Å². The maximum absolute atomic E-state index is 13.6. The Hall–Kier alpha value is -2.02. The van der Waals surface area contributed by atoms with Crippen LogP contribution in [0.3, 0.4) is 0 Å². The van der Waals surface area contributed by atoms with Gasteiger partial charge in [0.1, 0.15) is 9.57 Å². The van der Waals surface area contributed by atoms with Crippen molar-refractivity contribution in [1.29, 1.82) is 0 Å². The molecule has 1 aromatic heterocycles. The van der Waals surface area contributed by atoms with Crippen LogP contribution in [0.4, 0.5) is 5.69 Å². The van der Waals surface area contributed by atoms with E-state index in [0.717, 1.165) is 36.8 Å². The first-order valence-corrected chi connectivity index (χ1v) is 11.1. The van der Waals surface area contributed by atoms with E-state index in [1.807, 2.05) is 36.1 Å². The van der Waals surface area contributed by atoms with Gasteiger partial charge in [-0.3, -0.25) is 9.69 Å². The van der Waals surface area contributed by atoms with Gasteiger partial charge in [0.15, 0.2) is 0 Å². The molecule has 0 aliphatic carbocycles. The smallest absolute Gasteiger partial charge is 0.259 e. The molecule has 1 aliphatic rings.